The predicted molar refractivity (Wildman–Crippen MR) is 116 cm³/mol. The number of amides is 1. The van der Waals surface area contributed by atoms with Crippen molar-refractivity contribution in [3.63, 3.8) is 0 Å². The van der Waals surface area contributed by atoms with Crippen LogP contribution < -0.4 is 10.9 Å². The molecule has 2 heterocycles. The molecule has 11 heteroatoms. The highest BCUT2D eigenvalue weighted by Crippen LogP contribution is 2.29. The van der Waals surface area contributed by atoms with Crippen molar-refractivity contribution in [2.75, 3.05) is 18.4 Å². The minimum atomic E-state index is -3.77. The van der Waals surface area contributed by atoms with E-state index in [0.29, 0.717) is 24.0 Å². The van der Waals surface area contributed by atoms with Crippen molar-refractivity contribution < 1.29 is 13.2 Å². The van der Waals surface area contributed by atoms with Crippen LogP contribution in [0.15, 0.2) is 52.2 Å². The Bertz CT molecular complexity index is 1300. The standard InChI is InChI=1S/C20H20ClN5O4S/c21-16-9-8-14(12-18(16)31(29,30)25-10-4-1-5-11-25)22-19(27)13-26-20(28)15-6-2-3-7-17(15)23-24-26/h2-3,6-9,12H,1,4-5,10-11,13H2,(H,22,27). The molecule has 1 fully saturated rings. The van der Waals surface area contributed by atoms with E-state index in [2.05, 4.69) is 15.6 Å². The minimum absolute atomic E-state index is 0.0588. The van der Waals surface area contributed by atoms with E-state index in [1.807, 2.05) is 0 Å². The van der Waals surface area contributed by atoms with Gasteiger partial charge in [0.15, 0.2) is 0 Å². The molecule has 31 heavy (non-hydrogen) atoms. The zero-order valence-corrected chi connectivity index (χ0v) is 18.1. The van der Waals surface area contributed by atoms with Crippen molar-refractivity contribution in [1.82, 2.24) is 19.3 Å². The zero-order valence-electron chi connectivity index (χ0n) is 16.5. The number of aromatic nitrogens is 3. The van der Waals surface area contributed by atoms with Gasteiger partial charge in [0, 0.05) is 18.8 Å². The Hall–Kier alpha value is -2.82. The lowest BCUT2D eigenvalue weighted by Crippen LogP contribution is -2.35. The SMILES string of the molecule is O=C(Cn1nnc2ccccc2c1=O)Nc1ccc(Cl)c(S(=O)(=O)N2CCCCC2)c1. The Kier molecular flexibility index (Phi) is 6.03. The maximum Gasteiger partial charge on any atom is 0.278 e. The first-order valence-electron chi connectivity index (χ1n) is 9.78. The molecule has 1 aliphatic heterocycles. The first-order chi connectivity index (χ1) is 14.9. The van der Waals surface area contributed by atoms with E-state index in [9.17, 15) is 18.0 Å². The van der Waals surface area contributed by atoms with Crippen molar-refractivity contribution in [3.05, 3.63) is 57.8 Å². The molecule has 0 spiro atoms. The molecule has 0 radical (unpaired) electrons. The number of carbonyl (C=O) groups is 1. The van der Waals surface area contributed by atoms with Crippen LogP contribution in [0, 0.1) is 0 Å². The van der Waals surface area contributed by atoms with Gasteiger partial charge < -0.3 is 5.32 Å². The molecule has 3 aromatic rings. The van der Waals surface area contributed by atoms with Gasteiger partial charge in [-0.25, -0.2) is 13.1 Å². The number of piperidine rings is 1. The number of fused-ring (bicyclic) bond motifs is 1. The molecule has 9 nitrogen and oxygen atoms in total. The maximum absolute atomic E-state index is 13.0. The fraction of sp³-hybridized carbons (Fsp3) is 0.300. The second-order valence-electron chi connectivity index (χ2n) is 7.23. The Morgan fingerprint density at radius 2 is 1.84 bits per heavy atom. The van der Waals surface area contributed by atoms with Crippen LogP contribution in [-0.4, -0.2) is 46.7 Å². The van der Waals surface area contributed by atoms with Crippen LogP contribution >= 0.6 is 11.6 Å². The minimum Gasteiger partial charge on any atom is -0.324 e. The Balaban J connectivity index is 1.55. The van der Waals surface area contributed by atoms with Gasteiger partial charge in [-0.1, -0.05) is 35.4 Å². The van der Waals surface area contributed by atoms with Crippen molar-refractivity contribution in [2.45, 2.75) is 30.7 Å². The second-order valence-corrected chi connectivity index (χ2v) is 9.54. The first kappa shape index (κ1) is 21.4. The summed E-state index contributed by atoms with van der Waals surface area (Å²) < 4.78 is 28.3. The molecule has 1 aromatic heterocycles. The number of nitrogens with one attached hydrogen (secondary N) is 1. The molecule has 2 aromatic carbocycles. The average Bonchev–Trinajstić information content (AvgIpc) is 2.78. The van der Waals surface area contributed by atoms with Crippen LogP contribution in [-0.2, 0) is 21.4 Å². The summed E-state index contributed by atoms with van der Waals surface area (Å²) in [5, 5.41) is 10.8. The van der Waals surface area contributed by atoms with E-state index < -0.39 is 21.5 Å². The number of halogens is 1. The van der Waals surface area contributed by atoms with Gasteiger partial charge in [-0.2, -0.15) is 4.31 Å². The summed E-state index contributed by atoms with van der Waals surface area (Å²) in [5.74, 6) is -0.546. The summed E-state index contributed by atoms with van der Waals surface area (Å²) in [6.07, 6.45) is 2.59. The van der Waals surface area contributed by atoms with Crippen LogP contribution in [0.2, 0.25) is 5.02 Å². The molecule has 0 unspecified atom stereocenters. The Morgan fingerprint density at radius 1 is 1.10 bits per heavy atom. The molecule has 4 rings (SSSR count). The molecular weight excluding hydrogens is 442 g/mol. The summed E-state index contributed by atoms with van der Waals surface area (Å²) in [7, 11) is -3.77. The topological polar surface area (TPSA) is 114 Å². The van der Waals surface area contributed by atoms with Gasteiger partial charge in [-0.05, 0) is 43.2 Å². The smallest absolute Gasteiger partial charge is 0.278 e. The van der Waals surface area contributed by atoms with E-state index in [1.54, 1.807) is 24.3 Å². The van der Waals surface area contributed by atoms with E-state index >= 15 is 0 Å². The number of hydrogen-bond donors (Lipinski definition) is 1. The highest BCUT2D eigenvalue weighted by atomic mass is 35.5. The maximum atomic E-state index is 13.0. The molecule has 0 saturated carbocycles. The Morgan fingerprint density at radius 3 is 2.61 bits per heavy atom. The fourth-order valence-corrected chi connectivity index (χ4v) is 5.50. The lowest BCUT2D eigenvalue weighted by atomic mass is 10.2. The summed E-state index contributed by atoms with van der Waals surface area (Å²) in [4.78, 5) is 24.9. The van der Waals surface area contributed by atoms with Crippen molar-refractivity contribution in [3.8, 4) is 0 Å². The number of sulfonamides is 1. The second kappa shape index (κ2) is 8.74. The lowest BCUT2D eigenvalue weighted by Gasteiger charge is -2.26. The molecule has 1 aliphatic rings. The highest BCUT2D eigenvalue weighted by Gasteiger charge is 2.28. The van der Waals surface area contributed by atoms with Crippen LogP contribution in [0.1, 0.15) is 19.3 Å². The average molecular weight is 462 g/mol. The molecular formula is C20H20ClN5O4S. The van der Waals surface area contributed by atoms with Crippen molar-refractivity contribution >= 4 is 44.1 Å². The molecule has 1 N–H and O–H groups in total. The van der Waals surface area contributed by atoms with Crippen LogP contribution in [0.5, 0.6) is 0 Å². The van der Waals surface area contributed by atoms with Crippen LogP contribution in [0.4, 0.5) is 5.69 Å². The normalized spacial score (nSPS) is 15.1. The molecule has 0 atom stereocenters. The highest BCUT2D eigenvalue weighted by molar-refractivity contribution is 7.89. The number of nitrogens with zero attached hydrogens (tertiary/aromatic N) is 4. The molecule has 162 valence electrons. The molecule has 0 bridgehead atoms. The number of rotatable bonds is 5. The predicted octanol–water partition coefficient (Wildman–Crippen LogP) is 2.26. The number of carbonyl (C=O) groups excluding carboxylic acids is 1. The largest absolute Gasteiger partial charge is 0.324 e. The zero-order chi connectivity index (χ0) is 22.0. The van der Waals surface area contributed by atoms with E-state index in [1.165, 1.54) is 22.5 Å². The third kappa shape index (κ3) is 4.46. The third-order valence-corrected chi connectivity index (χ3v) is 7.45. The van der Waals surface area contributed by atoms with Gasteiger partial charge in [-0.3, -0.25) is 9.59 Å². The van der Waals surface area contributed by atoms with Gasteiger partial charge in [-0.15, -0.1) is 5.10 Å². The van der Waals surface area contributed by atoms with Crippen molar-refractivity contribution in [1.29, 1.82) is 0 Å². The van der Waals surface area contributed by atoms with E-state index in [4.69, 9.17) is 11.6 Å². The summed E-state index contributed by atoms with van der Waals surface area (Å²) in [6, 6.07) is 11.0. The van der Waals surface area contributed by atoms with Gasteiger partial charge >= 0.3 is 0 Å². The number of anilines is 1. The van der Waals surface area contributed by atoms with Crippen LogP contribution in [0.3, 0.4) is 0 Å². The summed E-state index contributed by atoms with van der Waals surface area (Å²) in [6.45, 7) is 0.519. The van der Waals surface area contributed by atoms with Gasteiger partial charge in [0.25, 0.3) is 5.56 Å². The summed E-state index contributed by atoms with van der Waals surface area (Å²) in [5.41, 5.74) is 0.256. The van der Waals surface area contributed by atoms with E-state index in [-0.39, 0.29) is 22.2 Å². The quantitative estimate of drug-likeness (QED) is 0.623. The van der Waals surface area contributed by atoms with Gasteiger partial charge in [0.1, 0.15) is 17.0 Å². The third-order valence-electron chi connectivity index (χ3n) is 5.07. The first-order valence-corrected chi connectivity index (χ1v) is 11.6. The van der Waals surface area contributed by atoms with Gasteiger partial charge in [0.2, 0.25) is 15.9 Å². The van der Waals surface area contributed by atoms with Gasteiger partial charge in [0.05, 0.1) is 10.4 Å². The monoisotopic (exact) mass is 461 g/mol. The van der Waals surface area contributed by atoms with Crippen LogP contribution in [0.25, 0.3) is 10.9 Å². The molecule has 0 aliphatic carbocycles. The Labute approximate surface area is 183 Å². The molecule has 1 saturated heterocycles. The summed E-state index contributed by atoms with van der Waals surface area (Å²) >= 11 is 6.16. The molecule has 1 amide bonds. The fourth-order valence-electron chi connectivity index (χ4n) is 3.49. The lowest BCUT2D eigenvalue weighted by molar-refractivity contribution is -0.117. The number of hydrogen-bond acceptors (Lipinski definition) is 6. The van der Waals surface area contributed by atoms with Crippen molar-refractivity contribution in [2.24, 2.45) is 0 Å². The van der Waals surface area contributed by atoms with E-state index in [0.717, 1.165) is 23.9 Å². The number of benzene rings is 2.